The lowest BCUT2D eigenvalue weighted by atomic mass is 10.1. The molecule has 1 aliphatic heterocycles. The number of rotatable bonds is 11. The Labute approximate surface area is 278 Å². The molecule has 0 unspecified atom stereocenters. The monoisotopic (exact) mass is 652 g/mol. The van der Waals surface area contributed by atoms with Crippen molar-refractivity contribution in [2.24, 2.45) is 0 Å². The number of fused-ring (bicyclic) bond motifs is 1. The molecule has 3 N–H and O–H groups in total. The van der Waals surface area contributed by atoms with Crippen LogP contribution in [0.15, 0.2) is 59.3 Å². The van der Waals surface area contributed by atoms with Crippen molar-refractivity contribution in [1.82, 2.24) is 24.8 Å². The molecule has 2 aromatic carbocycles. The van der Waals surface area contributed by atoms with Crippen LogP contribution in [0.2, 0.25) is 0 Å². The van der Waals surface area contributed by atoms with E-state index in [2.05, 4.69) is 25.1 Å². The minimum absolute atomic E-state index is 0.00136. The van der Waals surface area contributed by atoms with Gasteiger partial charge in [0.2, 0.25) is 5.95 Å². The lowest BCUT2D eigenvalue weighted by Crippen LogP contribution is -2.37. The number of aryl methyl sites for hydroxylation is 1. The normalized spacial score (nSPS) is 16.0. The first-order valence-corrected chi connectivity index (χ1v) is 16.6. The van der Waals surface area contributed by atoms with Gasteiger partial charge in [0.15, 0.2) is 0 Å². The Kier molecular flexibility index (Phi) is 9.21. The number of benzene rings is 2. The number of aromatic amines is 1. The second-order valence-corrected chi connectivity index (χ2v) is 12.4. The number of aromatic nitrogens is 4. The number of imidazole rings is 1. The molecule has 13 nitrogen and oxygen atoms in total. The lowest BCUT2D eigenvalue weighted by Gasteiger charge is -2.28. The van der Waals surface area contributed by atoms with Gasteiger partial charge in [-0.05, 0) is 43.9 Å². The molecule has 0 atom stereocenters. The van der Waals surface area contributed by atoms with Gasteiger partial charge in [-0.1, -0.05) is 25.0 Å². The summed E-state index contributed by atoms with van der Waals surface area (Å²) in [5.74, 6) is 1.42. The van der Waals surface area contributed by atoms with E-state index in [0.29, 0.717) is 53.1 Å². The van der Waals surface area contributed by atoms with Crippen molar-refractivity contribution in [3.8, 4) is 28.4 Å². The highest BCUT2D eigenvalue weighted by Gasteiger charge is 2.29. The Morgan fingerprint density at radius 3 is 2.77 bits per heavy atom. The summed E-state index contributed by atoms with van der Waals surface area (Å²) in [6.07, 6.45) is 10.4. The summed E-state index contributed by atoms with van der Waals surface area (Å²) in [4.78, 5) is 34.2. The molecule has 0 radical (unpaired) electrons. The maximum Gasteiger partial charge on any atom is 0.294 e. The SMILES string of the molecule is COc1cc(N2CCCN(C3CCCC3)CC2)c([N+](=O)[O-])cc1Nc1nccc(-c2[nH]c(CCCO)nc2-c2ccc3ccoc3c2)n1. The predicted octanol–water partition coefficient (Wildman–Crippen LogP) is 6.32. The van der Waals surface area contributed by atoms with Crippen LogP contribution in [0.1, 0.15) is 44.3 Å². The molecule has 0 amide bonds. The zero-order valence-corrected chi connectivity index (χ0v) is 27.0. The number of nitrogens with one attached hydrogen (secondary N) is 2. The van der Waals surface area contributed by atoms with E-state index in [1.807, 2.05) is 24.3 Å². The summed E-state index contributed by atoms with van der Waals surface area (Å²) in [6, 6.07) is 13.5. The number of nitro benzene ring substituents is 1. The van der Waals surface area contributed by atoms with E-state index < -0.39 is 0 Å². The molecule has 0 bridgehead atoms. The van der Waals surface area contributed by atoms with Gasteiger partial charge >= 0.3 is 0 Å². The number of methoxy groups -OCH3 is 1. The Bertz CT molecular complexity index is 1900. The number of anilines is 3. The van der Waals surface area contributed by atoms with Crippen LogP contribution in [0.5, 0.6) is 5.75 Å². The highest BCUT2D eigenvalue weighted by Crippen LogP contribution is 2.40. The molecule has 1 saturated carbocycles. The average molecular weight is 653 g/mol. The molecular formula is C35H40N8O5. The highest BCUT2D eigenvalue weighted by molar-refractivity contribution is 5.86. The van der Waals surface area contributed by atoms with Crippen molar-refractivity contribution in [2.45, 2.75) is 51.0 Å². The van der Waals surface area contributed by atoms with Crippen LogP contribution >= 0.6 is 0 Å². The summed E-state index contributed by atoms with van der Waals surface area (Å²) in [6.45, 7) is 3.41. The summed E-state index contributed by atoms with van der Waals surface area (Å²) in [5.41, 5.74) is 4.48. The van der Waals surface area contributed by atoms with Crippen LogP contribution in [-0.2, 0) is 6.42 Å². The van der Waals surface area contributed by atoms with Gasteiger partial charge < -0.3 is 29.5 Å². The van der Waals surface area contributed by atoms with Crippen LogP contribution in [0.25, 0.3) is 33.6 Å². The van der Waals surface area contributed by atoms with Gasteiger partial charge in [-0.25, -0.2) is 15.0 Å². The molecule has 1 saturated heterocycles. The lowest BCUT2D eigenvalue weighted by molar-refractivity contribution is -0.384. The quantitative estimate of drug-likeness (QED) is 0.108. The first-order valence-electron chi connectivity index (χ1n) is 16.6. The Balaban J connectivity index is 1.18. The molecule has 250 valence electrons. The van der Waals surface area contributed by atoms with Crippen molar-refractivity contribution in [1.29, 1.82) is 0 Å². The van der Waals surface area contributed by atoms with E-state index in [4.69, 9.17) is 19.1 Å². The fraction of sp³-hybridized carbons (Fsp3) is 0.400. The predicted molar refractivity (Wildman–Crippen MR) is 184 cm³/mol. The third-order valence-corrected chi connectivity index (χ3v) is 9.42. The molecule has 3 aromatic heterocycles. The first-order chi connectivity index (χ1) is 23.5. The van der Waals surface area contributed by atoms with Crippen LogP contribution in [-0.4, -0.2) is 80.8 Å². The molecule has 4 heterocycles. The van der Waals surface area contributed by atoms with Crippen molar-refractivity contribution in [3.05, 3.63) is 70.9 Å². The maximum atomic E-state index is 12.4. The van der Waals surface area contributed by atoms with Crippen molar-refractivity contribution in [2.75, 3.05) is 50.1 Å². The minimum Gasteiger partial charge on any atom is -0.494 e. The maximum absolute atomic E-state index is 12.4. The van der Waals surface area contributed by atoms with Gasteiger partial charge in [-0.2, -0.15) is 0 Å². The zero-order valence-electron chi connectivity index (χ0n) is 27.0. The van der Waals surface area contributed by atoms with E-state index in [1.165, 1.54) is 31.7 Å². The van der Waals surface area contributed by atoms with Gasteiger partial charge in [0.05, 0.1) is 41.1 Å². The van der Waals surface area contributed by atoms with Crippen LogP contribution < -0.4 is 15.0 Å². The topological polar surface area (TPSA) is 159 Å². The van der Waals surface area contributed by atoms with E-state index in [-0.39, 0.29) is 23.2 Å². The van der Waals surface area contributed by atoms with E-state index in [9.17, 15) is 15.2 Å². The molecule has 1 aliphatic carbocycles. The van der Waals surface area contributed by atoms with Gasteiger partial charge in [-0.3, -0.25) is 15.0 Å². The molecule has 7 rings (SSSR count). The summed E-state index contributed by atoms with van der Waals surface area (Å²) in [5, 5.41) is 26.0. The standard InChI is InChI=1S/C35H40N8O5/c1-47-31-22-28(42-15-5-14-41(16-17-42)25-6-2-3-7-25)29(43(45)46)21-27(31)38-35-36-13-11-26(37-35)34-33(39-32(40-34)8-4-18-44)24-10-9-23-12-19-48-30(23)20-24/h9-13,19-22,25,44H,2-8,14-18H2,1H3,(H,39,40)(H,36,37,38). The number of nitro groups is 1. The second kappa shape index (κ2) is 14.0. The first kappa shape index (κ1) is 31.6. The van der Waals surface area contributed by atoms with Crippen LogP contribution in [0.3, 0.4) is 0 Å². The summed E-state index contributed by atoms with van der Waals surface area (Å²) < 4.78 is 11.4. The highest BCUT2D eigenvalue weighted by atomic mass is 16.6. The van der Waals surface area contributed by atoms with Gasteiger partial charge in [-0.15, -0.1) is 0 Å². The largest absolute Gasteiger partial charge is 0.494 e. The van der Waals surface area contributed by atoms with Gasteiger partial charge in [0.25, 0.3) is 5.69 Å². The molecule has 5 aromatic rings. The molecule has 13 heteroatoms. The van der Waals surface area contributed by atoms with Gasteiger partial charge in [0, 0.05) is 74.5 Å². The summed E-state index contributed by atoms with van der Waals surface area (Å²) >= 11 is 0. The molecule has 0 spiro atoms. The third kappa shape index (κ3) is 6.56. The second-order valence-electron chi connectivity index (χ2n) is 12.4. The number of hydrogen-bond acceptors (Lipinski definition) is 11. The minimum atomic E-state index is -0.336. The smallest absolute Gasteiger partial charge is 0.294 e. The van der Waals surface area contributed by atoms with E-state index >= 15 is 0 Å². The number of nitrogens with zero attached hydrogens (tertiary/aromatic N) is 6. The Morgan fingerprint density at radius 1 is 1.08 bits per heavy atom. The van der Waals surface area contributed by atoms with Crippen LogP contribution in [0.4, 0.5) is 23.0 Å². The molecule has 2 aliphatic rings. The molecular weight excluding hydrogens is 612 g/mol. The van der Waals surface area contributed by atoms with Crippen molar-refractivity contribution >= 4 is 34.0 Å². The number of aliphatic hydroxyl groups is 1. The Morgan fingerprint density at radius 2 is 1.96 bits per heavy atom. The van der Waals surface area contributed by atoms with Crippen molar-refractivity contribution in [3.63, 3.8) is 0 Å². The third-order valence-electron chi connectivity index (χ3n) is 9.42. The zero-order chi connectivity index (χ0) is 33.0. The summed E-state index contributed by atoms with van der Waals surface area (Å²) in [7, 11) is 1.55. The number of aliphatic hydroxyl groups excluding tert-OH is 1. The fourth-order valence-electron chi connectivity index (χ4n) is 7.00. The molecule has 2 fully saturated rings. The van der Waals surface area contributed by atoms with Crippen LogP contribution in [0, 0.1) is 10.1 Å². The van der Waals surface area contributed by atoms with E-state index in [1.54, 1.807) is 31.7 Å². The number of hydrogen-bond donors (Lipinski definition) is 3. The van der Waals surface area contributed by atoms with Crippen molar-refractivity contribution < 1.29 is 19.2 Å². The van der Waals surface area contributed by atoms with Gasteiger partial charge in [0.1, 0.15) is 22.8 Å². The number of ether oxygens (including phenoxy) is 1. The number of furan rings is 1. The average Bonchev–Trinajstić information content (AvgIpc) is 3.86. The van der Waals surface area contributed by atoms with E-state index in [0.717, 1.165) is 55.0 Å². The Hall–Kier alpha value is -5.01. The molecule has 48 heavy (non-hydrogen) atoms. The number of H-pyrrole nitrogens is 1. The fourth-order valence-corrected chi connectivity index (χ4v) is 7.00.